The van der Waals surface area contributed by atoms with Gasteiger partial charge in [0, 0.05) is 17.5 Å². The third kappa shape index (κ3) is 1.54. The van der Waals surface area contributed by atoms with Crippen LogP contribution in [0.4, 0.5) is 4.39 Å². The third-order valence-corrected chi connectivity index (χ3v) is 2.29. The highest BCUT2D eigenvalue weighted by Crippen LogP contribution is 2.30. The number of rotatable bonds is 1. The Hall–Kier alpha value is -1.02. The minimum Gasteiger partial charge on any atom is -0.489 e. The van der Waals surface area contributed by atoms with Crippen molar-refractivity contribution < 1.29 is 9.13 Å². The van der Waals surface area contributed by atoms with Gasteiger partial charge in [-0.15, -0.1) is 11.6 Å². The molecule has 1 aromatic carbocycles. The van der Waals surface area contributed by atoms with E-state index in [1.165, 1.54) is 12.1 Å². The molecule has 68 valence electrons. The summed E-state index contributed by atoms with van der Waals surface area (Å²) in [7, 11) is 0. The first kappa shape index (κ1) is 8.57. The summed E-state index contributed by atoms with van der Waals surface area (Å²) in [4.78, 5) is 0. The lowest BCUT2D eigenvalue weighted by Gasteiger charge is -2.16. The standard InChI is InChI=1S/C10H8ClFO/c11-6-7-3-4-13-10-5-8(12)1-2-9(7)10/h1-3,5H,4,6H2. The van der Waals surface area contributed by atoms with Crippen molar-refractivity contribution in [3.63, 3.8) is 0 Å². The molecule has 1 heterocycles. The fraction of sp³-hybridized carbons (Fsp3) is 0.200. The van der Waals surface area contributed by atoms with E-state index in [0.717, 1.165) is 11.1 Å². The zero-order valence-corrected chi connectivity index (χ0v) is 7.64. The van der Waals surface area contributed by atoms with Crippen LogP contribution < -0.4 is 4.74 Å². The van der Waals surface area contributed by atoms with Gasteiger partial charge in [0.05, 0.1) is 0 Å². The number of ether oxygens (including phenoxy) is 1. The molecule has 3 heteroatoms. The van der Waals surface area contributed by atoms with Gasteiger partial charge in [0.2, 0.25) is 0 Å². The van der Waals surface area contributed by atoms with Crippen molar-refractivity contribution in [1.29, 1.82) is 0 Å². The molecule has 0 fully saturated rings. The van der Waals surface area contributed by atoms with Crippen molar-refractivity contribution in [3.05, 3.63) is 35.7 Å². The van der Waals surface area contributed by atoms with Crippen molar-refractivity contribution in [2.75, 3.05) is 12.5 Å². The summed E-state index contributed by atoms with van der Waals surface area (Å²) >= 11 is 5.73. The molecule has 0 radical (unpaired) electrons. The van der Waals surface area contributed by atoms with Crippen LogP contribution >= 0.6 is 11.6 Å². The fourth-order valence-electron chi connectivity index (χ4n) is 1.35. The van der Waals surface area contributed by atoms with Crippen molar-refractivity contribution >= 4 is 17.2 Å². The minimum absolute atomic E-state index is 0.283. The van der Waals surface area contributed by atoms with Crippen LogP contribution in [-0.2, 0) is 0 Å². The summed E-state index contributed by atoms with van der Waals surface area (Å²) in [6.45, 7) is 0.471. The van der Waals surface area contributed by atoms with Crippen LogP contribution in [0.25, 0.3) is 5.57 Å². The van der Waals surface area contributed by atoms with E-state index in [-0.39, 0.29) is 5.82 Å². The topological polar surface area (TPSA) is 9.23 Å². The Morgan fingerprint density at radius 2 is 2.31 bits per heavy atom. The van der Waals surface area contributed by atoms with E-state index >= 15 is 0 Å². The van der Waals surface area contributed by atoms with E-state index < -0.39 is 0 Å². The molecule has 0 N–H and O–H groups in total. The van der Waals surface area contributed by atoms with Gasteiger partial charge in [0.1, 0.15) is 18.2 Å². The molecule has 0 aromatic heterocycles. The molecule has 1 aliphatic rings. The van der Waals surface area contributed by atoms with Gasteiger partial charge < -0.3 is 4.74 Å². The molecule has 13 heavy (non-hydrogen) atoms. The SMILES string of the molecule is Fc1ccc2c(c1)OCC=C2CCl. The Kier molecular flexibility index (Phi) is 2.23. The van der Waals surface area contributed by atoms with Gasteiger partial charge >= 0.3 is 0 Å². The molecule has 1 aliphatic heterocycles. The summed E-state index contributed by atoms with van der Waals surface area (Å²) < 4.78 is 18.1. The first-order valence-electron chi connectivity index (χ1n) is 3.99. The van der Waals surface area contributed by atoms with Gasteiger partial charge in [-0.2, -0.15) is 0 Å². The van der Waals surface area contributed by atoms with Gasteiger partial charge in [-0.3, -0.25) is 0 Å². The number of fused-ring (bicyclic) bond motifs is 1. The van der Waals surface area contributed by atoms with Crippen LogP contribution in [-0.4, -0.2) is 12.5 Å². The summed E-state index contributed by atoms with van der Waals surface area (Å²) in [6, 6.07) is 4.49. The van der Waals surface area contributed by atoms with E-state index in [2.05, 4.69) is 0 Å². The normalized spacial score (nSPS) is 14.5. The first-order chi connectivity index (χ1) is 6.31. The number of allylic oxidation sites excluding steroid dienone is 1. The molecule has 0 bridgehead atoms. The smallest absolute Gasteiger partial charge is 0.130 e. The summed E-state index contributed by atoms with van der Waals surface area (Å²) in [6.07, 6.45) is 1.91. The fourth-order valence-corrected chi connectivity index (χ4v) is 1.60. The Morgan fingerprint density at radius 1 is 1.46 bits per heavy atom. The van der Waals surface area contributed by atoms with Crippen molar-refractivity contribution in [1.82, 2.24) is 0 Å². The molecule has 1 aromatic rings. The van der Waals surface area contributed by atoms with Crippen molar-refractivity contribution in [2.45, 2.75) is 0 Å². The van der Waals surface area contributed by atoms with Gasteiger partial charge in [-0.25, -0.2) is 4.39 Å². The number of alkyl halides is 1. The number of hydrogen-bond acceptors (Lipinski definition) is 1. The Labute approximate surface area is 80.8 Å². The average Bonchev–Trinajstić information content (AvgIpc) is 2.16. The second-order valence-electron chi connectivity index (χ2n) is 2.81. The molecule has 2 rings (SSSR count). The molecule has 0 unspecified atom stereocenters. The van der Waals surface area contributed by atoms with Crippen LogP contribution in [0.5, 0.6) is 5.75 Å². The summed E-state index contributed by atoms with van der Waals surface area (Å²) in [5.74, 6) is 0.731. The van der Waals surface area contributed by atoms with Gasteiger partial charge in [0.25, 0.3) is 0 Å². The van der Waals surface area contributed by atoms with Gasteiger partial charge in [-0.05, 0) is 23.8 Å². The zero-order valence-electron chi connectivity index (χ0n) is 6.89. The van der Waals surface area contributed by atoms with E-state index in [0.29, 0.717) is 18.2 Å². The van der Waals surface area contributed by atoms with Crippen LogP contribution in [0.15, 0.2) is 24.3 Å². The molecule has 0 atom stereocenters. The highest BCUT2D eigenvalue weighted by Gasteiger charge is 2.13. The second-order valence-corrected chi connectivity index (χ2v) is 3.08. The molecule has 1 nitrogen and oxygen atoms in total. The first-order valence-corrected chi connectivity index (χ1v) is 4.52. The van der Waals surface area contributed by atoms with Crippen LogP contribution in [0.3, 0.4) is 0 Å². The third-order valence-electron chi connectivity index (χ3n) is 2.00. The maximum absolute atomic E-state index is 12.8. The number of benzene rings is 1. The predicted octanol–water partition coefficient (Wildman–Crippen LogP) is 2.84. The zero-order chi connectivity index (χ0) is 9.26. The Balaban J connectivity index is 2.49. The average molecular weight is 199 g/mol. The van der Waals surface area contributed by atoms with E-state index in [9.17, 15) is 4.39 Å². The van der Waals surface area contributed by atoms with Crippen LogP contribution in [0, 0.1) is 5.82 Å². The number of halogens is 2. The molecule has 0 spiro atoms. The molecular formula is C10H8ClFO. The van der Waals surface area contributed by atoms with Gasteiger partial charge in [0.15, 0.2) is 0 Å². The van der Waals surface area contributed by atoms with E-state index in [4.69, 9.17) is 16.3 Å². The molecule has 0 aliphatic carbocycles. The maximum atomic E-state index is 12.8. The highest BCUT2D eigenvalue weighted by atomic mass is 35.5. The van der Waals surface area contributed by atoms with E-state index in [1.54, 1.807) is 6.07 Å². The van der Waals surface area contributed by atoms with Crippen LogP contribution in [0.2, 0.25) is 0 Å². The van der Waals surface area contributed by atoms with Crippen LogP contribution in [0.1, 0.15) is 5.56 Å². The lowest BCUT2D eigenvalue weighted by Crippen LogP contribution is -2.05. The quantitative estimate of drug-likeness (QED) is 0.631. The molecule has 0 saturated heterocycles. The van der Waals surface area contributed by atoms with Crippen molar-refractivity contribution in [3.8, 4) is 5.75 Å². The second kappa shape index (κ2) is 3.38. The number of hydrogen-bond donors (Lipinski definition) is 0. The highest BCUT2D eigenvalue weighted by molar-refractivity contribution is 6.23. The Morgan fingerprint density at radius 3 is 3.08 bits per heavy atom. The molecule has 0 amide bonds. The monoisotopic (exact) mass is 198 g/mol. The summed E-state index contributed by atoms with van der Waals surface area (Å²) in [5.41, 5.74) is 1.89. The predicted molar refractivity (Wildman–Crippen MR) is 50.6 cm³/mol. The molecular weight excluding hydrogens is 191 g/mol. The van der Waals surface area contributed by atoms with E-state index in [1.807, 2.05) is 6.08 Å². The maximum Gasteiger partial charge on any atom is 0.130 e. The minimum atomic E-state index is -0.283. The van der Waals surface area contributed by atoms with Gasteiger partial charge in [-0.1, -0.05) is 0 Å². The Bertz CT molecular complexity index is 360. The largest absolute Gasteiger partial charge is 0.489 e. The summed E-state index contributed by atoms with van der Waals surface area (Å²) in [5, 5.41) is 0. The lowest BCUT2D eigenvalue weighted by molar-refractivity contribution is 0.355. The molecule has 0 saturated carbocycles. The lowest BCUT2D eigenvalue weighted by atomic mass is 10.0. The van der Waals surface area contributed by atoms with Crippen molar-refractivity contribution in [2.24, 2.45) is 0 Å².